The van der Waals surface area contributed by atoms with E-state index in [0.29, 0.717) is 18.0 Å². The number of aliphatic carboxylic acids is 1. The molecule has 1 aliphatic heterocycles. The Morgan fingerprint density at radius 3 is 3.00 bits per heavy atom. The lowest BCUT2D eigenvalue weighted by atomic mass is 9.98. The van der Waals surface area contributed by atoms with Crippen LogP contribution in [-0.4, -0.2) is 42.8 Å². The first-order chi connectivity index (χ1) is 10.5. The number of benzene rings is 1. The van der Waals surface area contributed by atoms with Gasteiger partial charge < -0.3 is 5.11 Å². The summed E-state index contributed by atoms with van der Waals surface area (Å²) in [5, 5.41) is 14.3. The van der Waals surface area contributed by atoms with Gasteiger partial charge in [0.15, 0.2) is 0 Å². The van der Waals surface area contributed by atoms with Gasteiger partial charge in [-0.2, -0.15) is 5.10 Å². The van der Waals surface area contributed by atoms with Crippen molar-refractivity contribution in [2.24, 2.45) is 0 Å². The molecular weight excluding hydrogens is 304 g/mol. The largest absolute Gasteiger partial charge is 0.480 e. The molecule has 7 heteroatoms. The third-order valence-electron chi connectivity index (χ3n) is 4.32. The van der Waals surface area contributed by atoms with E-state index in [9.17, 15) is 9.90 Å². The highest BCUT2D eigenvalue weighted by atomic mass is 35.5. The van der Waals surface area contributed by atoms with E-state index in [1.54, 1.807) is 17.9 Å². The van der Waals surface area contributed by atoms with Crippen LogP contribution < -0.4 is 0 Å². The number of carboxylic acid groups (broad SMARTS) is 1. The van der Waals surface area contributed by atoms with Gasteiger partial charge in [0.05, 0.1) is 5.69 Å². The lowest BCUT2D eigenvalue weighted by Gasteiger charge is -2.31. The van der Waals surface area contributed by atoms with Crippen molar-refractivity contribution < 1.29 is 9.90 Å². The number of rotatable bonds is 4. The van der Waals surface area contributed by atoms with Gasteiger partial charge in [-0.3, -0.25) is 9.69 Å². The van der Waals surface area contributed by atoms with Crippen molar-refractivity contribution in [3.63, 3.8) is 0 Å². The van der Waals surface area contributed by atoms with Gasteiger partial charge in [0.25, 0.3) is 0 Å². The van der Waals surface area contributed by atoms with E-state index >= 15 is 0 Å². The minimum atomic E-state index is -0.820. The number of aromatic nitrogens is 3. The van der Waals surface area contributed by atoms with Crippen molar-refractivity contribution in [3.05, 3.63) is 41.4 Å². The normalized spacial score (nSPS) is 22.1. The maximum atomic E-state index is 11.6. The Labute approximate surface area is 133 Å². The number of carboxylic acids is 1. The fraction of sp³-hybridized carbons (Fsp3) is 0.400. The molecular formula is C15H17ClN4O2. The minimum Gasteiger partial charge on any atom is -0.480 e. The number of hydrogen-bond acceptors (Lipinski definition) is 4. The molecule has 1 aromatic carbocycles. The summed E-state index contributed by atoms with van der Waals surface area (Å²) < 4.78 is 1.65. The third kappa shape index (κ3) is 2.60. The molecule has 116 valence electrons. The van der Waals surface area contributed by atoms with E-state index in [4.69, 9.17) is 11.6 Å². The smallest absolute Gasteiger partial charge is 0.323 e. The molecule has 2 heterocycles. The predicted molar refractivity (Wildman–Crippen MR) is 82.1 cm³/mol. The van der Waals surface area contributed by atoms with Crippen LogP contribution in [0.1, 0.15) is 25.3 Å². The Kier molecular flexibility index (Phi) is 3.88. The molecule has 0 aliphatic carbocycles. The molecule has 0 spiro atoms. The highest BCUT2D eigenvalue weighted by Crippen LogP contribution is 2.32. The molecule has 0 amide bonds. The van der Waals surface area contributed by atoms with Crippen LogP contribution >= 0.6 is 11.6 Å². The molecule has 1 saturated heterocycles. The van der Waals surface area contributed by atoms with Gasteiger partial charge in [-0.05, 0) is 44.0 Å². The third-order valence-corrected chi connectivity index (χ3v) is 4.56. The molecule has 1 aromatic heterocycles. The molecule has 0 saturated carbocycles. The topological polar surface area (TPSA) is 71.2 Å². The SMILES string of the molecule is CC1(C(=O)O)CCCN1Cc1ccc(Cl)cc1-n1cncn1. The zero-order valence-corrected chi connectivity index (χ0v) is 13.0. The Hall–Kier alpha value is -1.92. The van der Waals surface area contributed by atoms with E-state index in [-0.39, 0.29) is 0 Å². The Morgan fingerprint density at radius 2 is 2.32 bits per heavy atom. The van der Waals surface area contributed by atoms with Gasteiger partial charge in [-0.25, -0.2) is 9.67 Å². The van der Waals surface area contributed by atoms with E-state index in [0.717, 1.165) is 24.2 Å². The first kappa shape index (κ1) is 15.0. The molecule has 3 rings (SSSR count). The van der Waals surface area contributed by atoms with E-state index < -0.39 is 11.5 Å². The van der Waals surface area contributed by atoms with Crippen LogP contribution in [0.2, 0.25) is 5.02 Å². The van der Waals surface area contributed by atoms with Crippen molar-refractivity contribution in [1.29, 1.82) is 0 Å². The summed E-state index contributed by atoms with van der Waals surface area (Å²) in [7, 11) is 0. The summed E-state index contributed by atoms with van der Waals surface area (Å²) in [4.78, 5) is 17.6. The lowest BCUT2D eigenvalue weighted by molar-refractivity contribution is -0.148. The van der Waals surface area contributed by atoms with Crippen molar-refractivity contribution >= 4 is 17.6 Å². The summed E-state index contributed by atoms with van der Waals surface area (Å²) in [6.45, 7) is 3.09. The molecule has 0 radical (unpaired) electrons. The minimum absolute atomic E-state index is 0.537. The Bertz CT molecular complexity index is 689. The summed E-state index contributed by atoms with van der Waals surface area (Å²) in [5.74, 6) is -0.777. The van der Waals surface area contributed by atoms with E-state index in [1.165, 1.54) is 6.33 Å². The van der Waals surface area contributed by atoms with Crippen LogP contribution in [0.25, 0.3) is 5.69 Å². The zero-order valence-electron chi connectivity index (χ0n) is 12.2. The summed E-state index contributed by atoms with van der Waals surface area (Å²) >= 11 is 6.09. The van der Waals surface area contributed by atoms with E-state index in [2.05, 4.69) is 10.1 Å². The highest BCUT2D eigenvalue weighted by molar-refractivity contribution is 6.30. The zero-order chi connectivity index (χ0) is 15.7. The number of nitrogens with zero attached hydrogens (tertiary/aromatic N) is 4. The fourth-order valence-electron chi connectivity index (χ4n) is 2.94. The molecule has 1 atom stereocenters. The van der Waals surface area contributed by atoms with E-state index in [1.807, 2.05) is 23.1 Å². The van der Waals surface area contributed by atoms with Crippen LogP contribution in [-0.2, 0) is 11.3 Å². The second-order valence-corrected chi connectivity index (χ2v) is 6.15. The van der Waals surface area contributed by atoms with Gasteiger partial charge in [-0.15, -0.1) is 0 Å². The van der Waals surface area contributed by atoms with Crippen LogP contribution in [0.4, 0.5) is 0 Å². The van der Waals surface area contributed by atoms with Crippen molar-refractivity contribution in [1.82, 2.24) is 19.7 Å². The summed E-state index contributed by atoms with van der Waals surface area (Å²) in [6.07, 6.45) is 4.61. The lowest BCUT2D eigenvalue weighted by Crippen LogP contribution is -2.47. The fourth-order valence-corrected chi connectivity index (χ4v) is 3.10. The predicted octanol–water partition coefficient (Wildman–Crippen LogP) is 2.36. The molecule has 1 fully saturated rings. The van der Waals surface area contributed by atoms with Gasteiger partial charge >= 0.3 is 5.97 Å². The summed E-state index contributed by atoms with van der Waals surface area (Å²) in [5.41, 5.74) is 0.980. The van der Waals surface area contributed by atoms with Crippen molar-refractivity contribution in [2.45, 2.75) is 31.8 Å². The first-order valence-electron chi connectivity index (χ1n) is 7.12. The quantitative estimate of drug-likeness (QED) is 0.936. The van der Waals surface area contributed by atoms with Crippen molar-refractivity contribution in [3.8, 4) is 5.69 Å². The Balaban J connectivity index is 1.95. The van der Waals surface area contributed by atoms with Crippen LogP contribution in [0.15, 0.2) is 30.9 Å². The van der Waals surface area contributed by atoms with Crippen LogP contribution in [0, 0.1) is 0 Å². The van der Waals surface area contributed by atoms with Gasteiger partial charge in [-0.1, -0.05) is 17.7 Å². The number of halogens is 1. The number of carbonyl (C=O) groups is 1. The molecule has 1 aliphatic rings. The molecule has 0 bridgehead atoms. The standard InChI is InChI=1S/C15H17ClN4O2/c1-15(14(21)22)5-2-6-19(15)8-11-3-4-12(16)7-13(11)20-10-17-9-18-20/h3-4,7,9-10H,2,5-6,8H2,1H3,(H,21,22). The van der Waals surface area contributed by atoms with Gasteiger partial charge in [0, 0.05) is 11.6 Å². The van der Waals surface area contributed by atoms with Crippen LogP contribution in [0.5, 0.6) is 0 Å². The monoisotopic (exact) mass is 320 g/mol. The first-order valence-corrected chi connectivity index (χ1v) is 7.50. The second kappa shape index (κ2) is 5.70. The second-order valence-electron chi connectivity index (χ2n) is 5.72. The van der Waals surface area contributed by atoms with Crippen LogP contribution in [0.3, 0.4) is 0 Å². The maximum absolute atomic E-state index is 11.6. The molecule has 6 nitrogen and oxygen atoms in total. The van der Waals surface area contributed by atoms with Gasteiger partial charge in [0.1, 0.15) is 18.2 Å². The summed E-state index contributed by atoms with van der Waals surface area (Å²) in [6, 6.07) is 5.55. The molecule has 1 unspecified atom stereocenters. The van der Waals surface area contributed by atoms with Crippen molar-refractivity contribution in [2.75, 3.05) is 6.54 Å². The number of hydrogen-bond donors (Lipinski definition) is 1. The molecule has 2 aromatic rings. The number of likely N-dealkylation sites (tertiary alicyclic amines) is 1. The maximum Gasteiger partial charge on any atom is 0.323 e. The highest BCUT2D eigenvalue weighted by Gasteiger charge is 2.43. The molecule has 1 N–H and O–H groups in total. The van der Waals surface area contributed by atoms with Gasteiger partial charge in [0.2, 0.25) is 0 Å². The average Bonchev–Trinajstić information content (AvgIpc) is 3.12. The molecule has 22 heavy (non-hydrogen) atoms. The average molecular weight is 321 g/mol. The Morgan fingerprint density at radius 1 is 1.50 bits per heavy atom.